The summed E-state index contributed by atoms with van der Waals surface area (Å²) in [5.74, 6) is 5.27. The van der Waals surface area contributed by atoms with Crippen LogP contribution >= 0.6 is 19.4 Å². The third kappa shape index (κ3) is 20.8. The molecule has 7 nitrogen and oxygen atoms in total. The first kappa shape index (κ1) is 56.4. The van der Waals surface area contributed by atoms with Gasteiger partial charge in [0.2, 0.25) is 0 Å². The number of carbonyl (C=O) groups excluding carboxylic acids is 1. The van der Waals surface area contributed by atoms with Gasteiger partial charge in [-0.2, -0.15) is 5.10 Å². The molecule has 1 aromatic heterocycles. The monoisotopic (exact) mass is 1110 g/mol. The molecule has 0 aliphatic carbocycles. The Morgan fingerprint density at radius 3 is 1.40 bits per heavy atom. The van der Waals surface area contributed by atoms with E-state index in [2.05, 4.69) is 134 Å². The molecular formula is C49H59AcCl2N5O2Zn. The zero-order chi connectivity index (χ0) is 41.7. The van der Waals surface area contributed by atoms with Crippen LogP contribution in [-0.4, -0.2) is 22.0 Å². The van der Waals surface area contributed by atoms with Gasteiger partial charge in [-0.05, 0) is 109 Å². The van der Waals surface area contributed by atoms with Gasteiger partial charge in [0.1, 0.15) is 0 Å². The molecule has 0 fully saturated rings. The van der Waals surface area contributed by atoms with E-state index in [4.69, 9.17) is 25.2 Å². The van der Waals surface area contributed by atoms with E-state index >= 15 is 0 Å². The van der Waals surface area contributed by atoms with Crippen LogP contribution in [0.25, 0.3) is 22.2 Å². The van der Waals surface area contributed by atoms with E-state index in [1.165, 1.54) is 55.5 Å². The number of ketones is 1. The number of rotatable bonds is 6. The van der Waals surface area contributed by atoms with Crippen molar-refractivity contribution in [3.63, 3.8) is 0 Å². The second kappa shape index (κ2) is 30.4. The van der Waals surface area contributed by atoms with E-state index in [1.54, 1.807) is 6.92 Å². The van der Waals surface area contributed by atoms with Gasteiger partial charge >= 0.3 is 34.5 Å². The molecule has 0 saturated heterocycles. The third-order valence-electron chi connectivity index (χ3n) is 8.69. The number of halogens is 2. The average Bonchev–Trinajstić information content (AvgIpc) is 3.63. The molecule has 7 rings (SSSR count). The number of nitrogens with two attached hydrogens (primary N) is 1. The predicted octanol–water partition coefficient (Wildman–Crippen LogP) is 13.3. The molecule has 1 radical (unpaired) electrons. The number of benzene rings is 6. The van der Waals surface area contributed by atoms with Crippen LogP contribution in [0.5, 0.6) is 0 Å². The van der Waals surface area contributed by atoms with Gasteiger partial charge in [-0.1, -0.05) is 144 Å². The molecule has 0 amide bonds. The maximum atomic E-state index is 10.8. The minimum atomic E-state index is -0.931. The molecule has 0 aliphatic rings. The zero-order valence-corrected chi connectivity index (χ0v) is 44.6. The van der Waals surface area contributed by atoms with E-state index in [-0.39, 0.29) is 62.7 Å². The minimum absolute atomic E-state index is 0. The van der Waals surface area contributed by atoms with Crippen LogP contribution in [0.4, 0.5) is 11.4 Å². The van der Waals surface area contributed by atoms with Gasteiger partial charge in [-0.15, -0.1) is 0 Å². The molecule has 0 unspecified atom stereocenters. The van der Waals surface area contributed by atoms with Crippen molar-refractivity contribution in [2.24, 2.45) is 10.9 Å². The standard InChI is InChI=1S/C16H18N2.C16H15N.C9H10O.C7H10N2.CH4.Ac.2ClH.H2O.Zn/c1-12-4-8-15(9-5-12)14(3)17-18-16-10-6-13(2)7-11-16;1-11-3-6-13(7-4-11)16-10-14-9-12(2)5-8-15(14)17-16;1-7-3-5-9(6-4-7)8(2)10;1-6-2-4-7(9-8)5-3-6;;;;;;/h4-11,18H,1-3H3;3-10,17H,1-2H3;3-6H,1-2H3;2-5,9H,8H2,1H3;1H4;;2*1H;1H2;/q;;;;;;;;;+2/p-2/b17-14+;;;;;;;;;. The quantitative estimate of drug-likeness (QED) is 0.0435. The summed E-state index contributed by atoms with van der Waals surface area (Å²) in [6.45, 7) is 16.0. The number of hydrazone groups is 1. The van der Waals surface area contributed by atoms with Crippen molar-refractivity contribution in [3.05, 3.63) is 190 Å². The molecule has 311 valence electrons. The number of fused-ring (bicyclic) bond motifs is 1. The van der Waals surface area contributed by atoms with Crippen molar-refractivity contribution in [1.82, 2.24) is 4.98 Å². The Morgan fingerprint density at radius 2 is 0.967 bits per heavy atom. The molecular weight excluding hydrogens is 1050 g/mol. The van der Waals surface area contributed by atoms with Crippen molar-refractivity contribution >= 4 is 53.2 Å². The van der Waals surface area contributed by atoms with Gasteiger partial charge in [-0.25, -0.2) is 0 Å². The fraction of sp³-hybridized carbons (Fsp3) is 0.184. The Kier molecular flexibility index (Phi) is 28.6. The number of Topliss-reactive ketones (excluding diaryl/α,β-unsaturated/α-hetero) is 1. The van der Waals surface area contributed by atoms with Crippen molar-refractivity contribution in [2.45, 2.75) is 62.8 Å². The molecule has 6 aromatic carbocycles. The fourth-order valence-corrected chi connectivity index (χ4v) is 5.21. The second-order valence-corrected chi connectivity index (χ2v) is 18.3. The van der Waals surface area contributed by atoms with Crippen molar-refractivity contribution in [2.75, 3.05) is 10.9 Å². The van der Waals surface area contributed by atoms with E-state index in [1.807, 2.05) is 81.4 Å². The van der Waals surface area contributed by atoms with Gasteiger partial charge in [0.25, 0.3) is 0 Å². The summed E-state index contributed by atoms with van der Waals surface area (Å²) in [4.78, 5) is 14.2. The number of nitrogen functional groups attached to an aromatic ring is 1. The zero-order valence-electron chi connectivity index (χ0n) is 35.3. The van der Waals surface area contributed by atoms with E-state index in [9.17, 15) is 4.79 Å². The van der Waals surface area contributed by atoms with Crippen LogP contribution in [-0.2, 0) is 15.1 Å². The number of anilines is 2. The summed E-state index contributed by atoms with van der Waals surface area (Å²) < 4.78 is 0. The number of aromatic nitrogens is 1. The number of H-pyrrole nitrogens is 1. The van der Waals surface area contributed by atoms with Gasteiger partial charge in [-0.3, -0.25) is 16.1 Å². The molecule has 11 heteroatoms. The van der Waals surface area contributed by atoms with Gasteiger partial charge in [0.05, 0.1) is 11.4 Å². The van der Waals surface area contributed by atoms with E-state index in [0.29, 0.717) is 0 Å². The Labute approximate surface area is 409 Å². The first-order valence-corrected chi connectivity index (χ1v) is 26.4. The summed E-state index contributed by atoms with van der Waals surface area (Å²) in [6, 6.07) is 49.4. The molecule has 0 spiro atoms. The maximum absolute atomic E-state index is 10.8. The van der Waals surface area contributed by atoms with Crippen molar-refractivity contribution < 1.29 is 69.5 Å². The summed E-state index contributed by atoms with van der Waals surface area (Å²) >= 11 is -0.931. The predicted molar refractivity (Wildman–Crippen MR) is 254 cm³/mol. The summed E-state index contributed by atoms with van der Waals surface area (Å²) in [5.41, 5.74) is 21.6. The first-order valence-electron chi connectivity index (χ1n) is 18.6. The average molecular weight is 1110 g/mol. The van der Waals surface area contributed by atoms with Crippen LogP contribution in [0.2, 0.25) is 0 Å². The number of nitrogens with one attached hydrogen (secondary N) is 3. The topological polar surface area (TPSA) is 127 Å². The molecule has 7 aromatic rings. The van der Waals surface area contributed by atoms with Crippen molar-refractivity contribution in [3.8, 4) is 11.3 Å². The Hall–Kier alpha value is -3.64. The number of aryl methyl sites for hydroxylation is 6. The SMILES string of the molecule is C.C/C(=N\Nc1ccc(C)cc1)c1ccc(C)cc1.CC(=O)c1ccc(C)cc1.Cc1ccc(-c2cc3cc(C)ccc3[nH]2)cc1.Cc1ccc(NN)cc1.O.[Ac].[Cl][Zn][Cl]. The van der Waals surface area contributed by atoms with Crippen LogP contribution < -0.4 is 16.7 Å². The van der Waals surface area contributed by atoms with Gasteiger partial charge < -0.3 is 15.9 Å². The fourth-order valence-electron chi connectivity index (χ4n) is 5.21. The van der Waals surface area contributed by atoms with Crippen molar-refractivity contribution in [1.29, 1.82) is 0 Å². The molecule has 0 saturated carbocycles. The molecule has 7 N–H and O–H groups in total. The molecule has 0 bridgehead atoms. The van der Waals surface area contributed by atoms with Gasteiger partial charge in [0, 0.05) is 71.9 Å². The number of hydrogen-bond donors (Lipinski definition) is 4. The Bertz CT molecular complexity index is 2280. The Morgan fingerprint density at radius 1 is 0.583 bits per heavy atom. The molecule has 0 aliphatic heterocycles. The molecule has 0 atom stereocenters. The second-order valence-electron chi connectivity index (χ2n) is 13.7. The molecule has 60 heavy (non-hydrogen) atoms. The summed E-state index contributed by atoms with van der Waals surface area (Å²) in [7, 11) is 9.90. The van der Waals surface area contributed by atoms with E-state index in [0.717, 1.165) is 28.2 Å². The number of nitrogens with zero attached hydrogens (tertiary/aromatic N) is 1. The van der Waals surface area contributed by atoms with Gasteiger partial charge in [0.15, 0.2) is 5.78 Å². The number of aromatic amines is 1. The number of hydrazine groups is 1. The first-order chi connectivity index (χ1) is 27.3. The van der Waals surface area contributed by atoms with Crippen LogP contribution in [0.1, 0.15) is 70.6 Å². The van der Waals surface area contributed by atoms with E-state index < -0.39 is 15.1 Å². The number of hydrogen-bond acceptors (Lipinski definition) is 5. The third-order valence-corrected chi connectivity index (χ3v) is 8.69. The summed E-state index contributed by atoms with van der Waals surface area (Å²) in [5, 5.41) is 5.67. The number of carbonyl (C=O) groups is 1. The molecule has 1 heterocycles. The van der Waals surface area contributed by atoms with Crippen LogP contribution in [0.15, 0.2) is 151 Å². The van der Waals surface area contributed by atoms with Crippen LogP contribution in [0.3, 0.4) is 0 Å². The summed E-state index contributed by atoms with van der Waals surface area (Å²) in [6.07, 6.45) is 0. The normalized spacial score (nSPS) is 9.62. The van der Waals surface area contributed by atoms with Crippen LogP contribution in [0, 0.1) is 85.6 Å². The Balaban J connectivity index is 0.000000770.